The Balaban J connectivity index is 1.36. The number of amides is 2. The molecule has 1 aromatic heterocycles. The second kappa shape index (κ2) is 15.4. The van der Waals surface area contributed by atoms with Gasteiger partial charge in [0, 0.05) is 64.8 Å². The van der Waals surface area contributed by atoms with Crippen LogP contribution in [0, 0.1) is 13.8 Å². The van der Waals surface area contributed by atoms with Gasteiger partial charge in [-0.15, -0.1) is 35.3 Å². The Morgan fingerprint density at radius 2 is 1.87 bits per heavy atom. The number of nitrogens with one attached hydrogen (secondary N) is 1. The maximum Gasteiger partial charge on any atom is 0.352 e. The van der Waals surface area contributed by atoms with Crippen LogP contribution in [0.4, 0.5) is 0 Å². The molecule has 5 N–H and O–H groups in total. The molecular weight excluding hydrogens is 683 g/mol. The summed E-state index contributed by atoms with van der Waals surface area (Å²) in [6, 6.07) is 5.21. The van der Waals surface area contributed by atoms with E-state index in [-0.39, 0.29) is 18.1 Å². The zero-order chi connectivity index (χ0) is 33.0. The van der Waals surface area contributed by atoms with Crippen LogP contribution in [-0.4, -0.2) is 73.6 Å². The summed E-state index contributed by atoms with van der Waals surface area (Å²) in [4.78, 5) is 51.7. The van der Waals surface area contributed by atoms with E-state index in [1.54, 1.807) is 6.07 Å². The number of aryl methyl sites for hydroxylation is 2. The van der Waals surface area contributed by atoms with Crippen molar-refractivity contribution in [2.75, 3.05) is 17.3 Å². The molecule has 0 spiro atoms. The van der Waals surface area contributed by atoms with E-state index < -0.39 is 41.2 Å². The Labute approximate surface area is 282 Å². The molecule has 0 aliphatic carbocycles. The highest BCUT2D eigenvalue weighted by Crippen LogP contribution is 2.42. The van der Waals surface area contributed by atoms with E-state index in [4.69, 9.17) is 28.9 Å². The first-order valence-corrected chi connectivity index (χ1v) is 17.6. The van der Waals surface area contributed by atoms with Crippen molar-refractivity contribution in [3.63, 3.8) is 0 Å². The molecule has 11 nitrogen and oxygen atoms in total. The number of nitrogens with zero attached hydrogens (tertiary/aromatic N) is 2. The molecule has 4 rings (SSSR count). The van der Waals surface area contributed by atoms with E-state index in [0.29, 0.717) is 57.0 Å². The molecule has 1 aromatic carbocycles. The SMILES string of the molecule is Cc1cc(SCC2=C(C(=O)O)N3C(=O)[C@@H](NC(=O)CSc4cc(Cl)c(CO)cc4Cl)[C@H]3SC2)cc(C)[n+]1CCC[C@H](N)C(=O)[O-]. The standard InChI is InChI=1S/C29H32Cl2N4O7S3/c1-14-6-18(7-15(2)34(14)5-3-4-21(32)28(39)40)43-11-17-12-45-27-24(26(38)35(27)25(17)29(41)42)33-23(37)13-44-22-9-19(30)16(10-36)8-20(22)31/h6-9,21,24,27,36H,3-5,10-13,32H2,1-2H3,(H2-,33,37,39,40,41,42)/t21-,24+,27+/m0/s1. The van der Waals surface area contributed by atoms with Crippen LogP contribution < -0.4 is 20.7 Å². The van der Waals surface area contributed by atoms with Crippen molar-refractivity contribution >= 4 is 82.2 Å². The number of fused-ring (bicyclic) bond motifs is 1. The number of rotatable bonds is 14. The average Bonchev–Trinajstić information content (AvgIpc) is 2.99. The number of carboxylic acids is 2. The number of carbonyl (C=O) groups excluding carboxylic acids is 3. The number of aliphatic carboxylic acids is 2. The van der Waals surface area contributed by atoms with Crippen LogP contribution in [0.1, 0.15) is 29.8 Å². The summed E-state index contributed by atoms with van der Waals surface area (Å²) in [5.41, 5.74) is 8.52. The van der Waals surface area contributed by atoms with E-state index >= 15 is 0 Å². The number of pyridine rings is 1. The van der Waals surface area contributed by atoms with Crippen molar-refractivity contribution in [2.24, 2.45) is 5.73 Å². The number of aromatic nitrogens is 1. The monoisotopic (exact) mass is 714 g/mol. The van der Waals surface area contributed by atoms with Gasteiger partial charge in [0.05, 0.1) is 23.4 Å². The third-order valence-corrected chi connectivity index (χ3v) is 11.6. The first-order valence-electron chi connectivity index (χ1n) is 13.8. The minimum atomic E-state index is -1.27. The molecule has 16 heteroatoms. The Morgan fingerprint density at radius 1 is 1.18 bits per heavy atom. The molecule has 0 unspecified atom stereocenters. The molecular formula is C29H32Cl2N4O7S3. The fourth-order valence-corrected chi connectivity index (χ4v) is 9.00. The molecule has 2 amide bonds. The number of halogens is 2. The fraction of sp³-hybridized carbons (Fsp3) is 0.414. The molecule has 2 aromatic rings. The van der Waals surface area contributed by atoms with Crippen LogP contribution >= 0.6 is 58.5 Å². The Hall–Kier alpha value is -2.46. The lowest BCUT2D eigenvalue weighted by atomic mass is 10.0. The van der Waals surface area contributed by atoms with Gasteiger partial charge in [-0.25, -0.2) is 9.36 Å². The van der Waals surface area contributed by atoms with Crippen molar-refractivity contribution in [2.45, 2.75) is 67.1 Å². The number of carbonyl (C=O) groups is 4. The second-order valence-corrected chi connectivity index (χ2v) is 14.5. The zero-order valence-electron chi connectivity index (χ0n) is 24.4. The van der Waals surface area contributed by atoms with Crippen molar-refractivity contribution in [3.05, 3.63) is 62.5 Å². The van der Waals surface area contributed by atoms with Gasteiger partial charge < -0.3 is 31.2 Å². The Kier molecular flexibility index (Phi) is 12.1. The predicted octanol–water partition coefficient (Wildman–Crippen LogP) is 1.87. The molecule has 0 radical (unpaired) electrons. The van der Waals surface area contributed by atoms with Crippen LogP contribution in [0.5, 0.6) is 0 Å². The zero-order valence-corrected chi connectivity index (χ0v) is 28.3. The molecule has 3 atom stereocenters. The minimum Gasteiger partial charge on any atom is -0.548 e. The fourth-order valence-electron chi connectivity index (χ4n) is 5.04. The van der Waals surface area contributed by atoms with Gasteiger partial charge in [0.25, 0.3) is 5.91 Å². The molecule has 3 heterocycles. The Bertz CT molecular complexity index is 1530. The quantitative estimate of drug-likeness (QED) is 0.128. The van der Waals surface area contributed by atoms with E-state index in [1.807, 2.05) is 26.0 Å². The lowest BCUT2D eigenvalue weighted by Gasteiger charge is -2.49. The van der Waals surface area contributed by atoms with Gasteiger partial charge in [-0.05, 0) is 29.7 Å². The summed E-state index contributed by atoms with van der Waals surface area (Å²) in [5.74, 6) is -2.65. The van der Waals surface area contributed by atoms with Crippen LogP contribution in [0.2, 0.25) is 10.0 Å². The summed E-state index contributed by atoms with van der Waals surface area (Å²) in [7, 11) is 0. The van der Waals surface area contributed by atoms with E-state index in [0.717, 1.165) is 28.0 Å². The molecule has 242 valence electrons. The normalized spacial score (nSPS) is 18.4. The van der Waals surface area contributed by atoms with Crippen LogP contribution in [-0.2, 0) is 32.3 Å². The first kappa shape index (κ1) is 35.4. The topological polar surface area (TPSA) is 177 Å². The summed E-state index contributed by atoms with van der Waals surface area (Å²) < 4.78 is 2.07. The van der Waals surface area contributed by atoms with Crippen LogP contribution in [0.25, 0.3) is 0 Å². The third-order valence-electron chi connectivity index (χ3n) is 7.36. The van der Waals surface area contributed by atoms with Gasteiger partial charge in [0.2, 0.25) is 5.91 Å². The molecule has 1 saturated heterocycles. The van der Waals surface area contributed by atoms with Gasteiger partial charge in [-0.1, -0.05) is 23.2 Å². The van der Waals surface area contributed by atoms with Gasteiger partial charge in [0.1, 0.15) is 23.7 Å². The number of hydrogen-bond donors (Lipinski definition) is 4. The summed E-state index contributed by atoms with van der Waals surface area (Å²) >= 11 is 16.4. The number of β-lactam (4-membered cyclic amide) rings is 1. The van der Waals surface area contributed by atoms with Gasteiger partial charge in [0.15, 0.2) is 11.4 Å². The van der Waals surface area contributed by atoms with Crippen molar-refractivity contribution < 1.29 is 39.1 Å². The number of aliphatic hydroxyl groups excluding tert-OH is 1. The largest absolute Gasteiger partial charge is 0.548 e. The summed E-state index contributed by atoms with van der Waals surface area (Å²) in [5, 5.41) is 33.1. The van der Waals surface area contributed by atoms with Crippen molar-refractivity contribution in [3.8, 4) is 0 Å². The molecule has 1 fully saturated rings. The van der Waals surface area contributed by atoms with E-state index in [2.05, 4.69) is 9.88 Å². The lowest BCUT2D eigenvalue weighted by Crippen LogP contribution is -2.70. The van der Waals surface area contributed by atoms with Gasteiger partial charge >= 0.3 is 5.97 Å². The molecule has 2 aliphatic rings. The average molecular weight is 716 g/mol. The first-order chi connectivity index (χ1) is 21.3. The van der Waals surface area contributed by atoms with Gasteiger partial charge in [-0.3, -0.25) is 14.5 Å². The number of benzene rings is 1. The molecule has 45 heavy (non-hydrogen) atoms. The number of hydrogen-bond acceptors (Lipinski definition) is 10. The Morgan fingerprint density at radius 3 is 2.49 bits per heavy atom. The highest BCUT2D eigenvalue weighted by atomic mass is 35.5. The lowest BCUT2D eigenvalue weighted by molar-refractivity contribution is -0.709. The maximum atomic E-state index is 13.1. The van der Waals surface area contributed by atoms with Crippen LogP contribution in [0.3, 0.4) is 0 Å². The highest BCUT2D eigenvalue weighted by Gasteiger charge is 2.54. The smallest absolute Gasteiger partial charge is 0.352 e. The summed E-state index contributed by atoms with van der Waals surface area (Å²) in [6.07, 6.45) is 0.882. The predicted molar refractivity (Wildman–Crippen MR) is 172 cm³/mol. The number of aliphatic hydroxyl groups is 1. The molecule has 2 aliphatic heterocycles. The third kappa shape index (κ3) is 8.28. The highest BCUT2D eigenvalue weighted by molar-refractivity contribution is 8.01. The summed E-state index contributed by atoms with van der Waals surface area (Å²) in [6.45, 7) is 4.22. The molecule has 0 saturated carbocycles. The van der Waals surface area contributed by atoms with E-state index in [1.165, 1.54) is 34.5 Å². The number of thioether (sulfide) groups is 3. The maximum absolute atomic E-state index is 13.1. The second-order valence-electron chi connectivity index (χ2n) is 10.5. The van der Waals surface area contributed by atoms with Crippen molar-refractivity contribution in [1.82, 2.24) is 10.2 Å². The number of nitrogens with two attached hydrogens (primary N) is 1. The van der Waals surface area contributed by atoms with E-state index in [9.17, 15) is 34.5 Å². The number of carboxylic acid groups (broad SMARTS) is 2. The van der Waals surface area contributed by atoms with Crippen molar-refractivity contribution in [1.29, 1.82) is 0 Å². The van der Waals surface area contributed by atoms with Gasteiger partial charge in [-0.2, -0.15) is 0 Å². The molecule has 0 bridgehead atoms. The minimum absolute atomic E-state index is 0.0392. The van der Waals surface area contributed by atoms with Crippen LogP contribution in [0.15, 0.2) is 45.3 Å².